The third-order valence-electron chi connectivity index (χ3n) is 1.78. The van der Waals surface area contributed by atoms with E-state index in [2.05, 4.69) is 31.3 Å². The fraction of sp³-hybridized carbons (Fsp3) is 0.714. The first-order chi connectivity index (χ1) is 7.83. The molecule has 8 nitrogen and oxygen atoms in total. The number of nitrogens with zero attached hydrogens (tertiary/aromatic N) is 3. The molecule has 1 aromatic heterocycles. The Morgan fingerprint density at radius 1 is 1.62 bits per heavy atom. The van der Waals surface area contributed by atoms with Crippen LogP contribution in [0.2, 0.25) is 6.04 Å². The second kappa shape index (κ2) is 7.76. The summed E-state index contributed by atoms with van der Waals surface area (Å²) in [6, 6.07) is 0.759. The highest BCUT2D eigenvalue weighted by atomic mass is 28.2. The largest absolute Gasteiger partial charge is 0.424 e. The zero-order valence-electron chi connectivity index (χ0n) is 9.19. The minimum absolute atomic E-state index is 0.237. The molecule has 0 saturated heterocycles. The van der Waals surface area contributed by atoms with Gasteiger partial charge in [0.1, 0.15) is 0 Å². The molecule has 9 heteroatoms. The van der Waals surface area contributed by atoms with E-state index in [1.165, 1.54) is 0 Å². The number of hydrogen-bond donors (Lipinski definition) is 3. The van der Waals surface area contributed by atoms with Crippen molar-refractivity contribution >= 4 is 21.7 Å². The number of carbonyl (C=O) groups excluding carboxylic acids is 1. The Bertz CT molecular complexity index is 293. The van der Waals surface area contributed by atoms with Gasteiger partial charge < -0.3 is 9.74 Å². The van der Waals surface area contributed by atoms with E-state index in [0.29, 0.717) is 6.54 Å². The summed E-state index contributed by atoms with van der Waals surface area (Å²) in [5.74, 6) is 0.237. The van der Waals surface area contributed by atoms with Gasteiger partial charge in [-0.05, 0) is 29.8 Å². The van der Waals surface area contributed by atoms with Crippen LogP contribution < -0.4 is 10.6 Å². The maximum Gasteiger partial charge on any atom is 0.321 e. The van der Waals surface area contributed by atoms with Gasteiger partial charge in [0.05, 0.1) is 0 Å². The Hall–Kier alpha value is -1.48. The molecule has 1 aromatic rings. The lowest BCUT2D eigenvalue weighted by atomic mass is 10.5. The average molecular weight is 244 g/mol. The molecule has 0 fully saturated rings. The number of hydrogen-bond acceptors (Lipinski definition) is 5. The minimum Gasteiger partial charge on any atom is -0.424 e. The average Bonchev–Trinajstić information content (AvgIpc) is 2.76. The van der Waals surface area contributed by atoms with Gasteiger partial charge in [-0.15, -0.1) is 0 Å². The first-order valence-electron chi connectivity index (χ1n) is 5.19. The molecule has 0 atom stereocenters. The molecule has 16 heavy (non-hydrogen) atoms. The highest BCUT2D eigenvalue weighted by Gasteiger charge is 2.02. The fourth-order valence-electron chi connectivity index (χ4n) is 1.04. The minimum atomic E-state index is -0.392. The van der Waals surface area contributed by atoms with E-state index in [1.54, 1.807) is 0 Å². The van der Waals surface area contributed by atoms with E-state index >= 15 is 0 Å². The normalized spacial score (nSPS) is 10.8. The molecule has 1 rings (SSSR count). The number of rotatable bonds is 7. The van der Waals surface area contributed by atoms with E-state index < -0.39 is 9.76 Å². The topological polar surface area (TPSA) is 105 Å². The van der Waals surface area contributed by atoms with Crippen molar-refractivity contribution in [2.75, 3.05) is 18.5 Å². The summed E-state index contributed by atoms with van der Waals surface area (Å²) in [4.78, 5) is 11.2. The van der Waals surface area contributed by atoms with Crippen LogP contribution in [0.15, 0.2) is 0 Å². The SMILES string of the molecule is CCO[SiH2]CCCNC(=O)Nc1nnn[nH]1. The number of tetrazole rings is 1. The van der Waals surface area contributed by atoms with Crippen molar-refractivity contribution in [3.05, 3.63) is 0 Å². The Kier molecular flexibility index (Phi) is 6.11. The Morgan fingerprint density at radius 3 is 3.19 bits per heavy atom. The molecule has 0 unspecified atom stereocenters. The maximum absolute atomic E-state index is 11.2. The van der Waals surface area contributed by atoms with Gasteiger partial charge >= 0.3 is 6.03 Å². The maximum atomic E-state index is 11.2. The first-order valence-corrected chi connectivity index (χ1v) is 6.77. The van der Waals surface area contributed by atoms with Crippen molar-refractivity contribution in [2.45, 2.75) is 19.4 Å². The Balaban J connectivity index is 1.98. The van der Waals surface area contributed by atoms with Crippen LogP contribution in [0.1, 0.15) is 13.3 Å². The number of anilines is 1. The van der Waals surface area contributed by atoms with Crippen molar-refractivity contribution in [1.82, 2.24) is 25.9 Å². The van der Waals surface area contributed by atoms with E-state index in [1.807, 2.05) is 6.92 Å². The molecule has 0 aliphatic rings. The van der Waals surface area contributed by atoms with E-state index in [-0.39, 0.29) is 12.0 Å². The second-order valence-corrected chi connectivity index (χ2v) is 4.56. The number of aromatic nitrogens is 4. The van der Waals surface area contributed by atoms with Gasteiger partial charge in [-0.25, -0.2) is 9.89 Å². The van der Waals surface area contributed by atoms with Gasteiger partial charge in [-0.1, -0.05) is 5.10 Å². The van der Waals surface area contributed by atoms with Gasteiger partial charge in [0.25, 0.3) is 0 Å². The van der Waals surface area contributed by atoms with Crippen LogP contribution in [0.5, 0.6) is 0 Å². The Morgan fingerprint density at radius 2 is 2.50 bits per heavy atom. The van der Waals surface area contributed by atoms with Crippen molar-refractivity contribution in [1.29, 1.82) is 0 Å². The highest BCUT2D eigenvalue weighted by Crippen LogP contribution is 1.91. The zero-order chi connectivity index (χ0) is 11.6. The lowest BCUT2D eigenvalue weighted by Gasteiger charge is -2.04. The molecule has 3 N–H and O–H groups in total. The second-order valence-electron chi connectivity index (χ2n) is 3.03. The molecular weight excluding hydrogens is 228 g/mol. The van der Waals surface area contributed by atoms with Crippen LogP contribution in [0.25, 0.3) is 0 Å². The van der Waals surface area contributed by atoms with E-state index in [4.69, 9.17) is 4.43 Å². The highest BCUT2D eigenvalue weighted by molar-refractivity contribution is 6.26. The molecule has 0 spiro atoms. The van der Waals surface area contributed by atoms with Gasteiger partial charge in [0.15, 0.2) is 9.76 Å². The van der Waals surface area contributed by atoms with Crippen LogP contribution >= 0.6 is 0 Å². The van der Waals surface area contributed by atoms with Crippen LogP contribution in [-0.4, -0.2) is 49.6 Å². The van der Waals surface area contributed by atoms with Crippen LogP contribution in [0.4, 0.5) is 10.7 Å². The first kappa shape index (κ1) is 12.6. The molecule has 90 valence electrons. The lowest BCUT2D eigenvalue weighted by Crippen LogP contribution is -2.30. The molecule has 0 radical (unpaired) electrons. The van der Waals surface area contributed by atoms with Gasteiger partial charge in [-0.2, -0.15) is 0 Å². The van der Waals surface area contributed by atoms with Gasteiger partial charge in [0, 0.05) is 13.2 Å². The molecule has 0 aromatic carbocycles. The number of aromatic amines is 1. The molecule has 2 amide bonds. The van der Waals surface area contributed by atoms with Crippen molar-refractivity contribution in [3.8, 4) is 0 Å². The van der Waals surface area contributed by atoms with Crippen molar-refractivity contribution in [2.24, 2.45) is 0 Å². The smallest absolute Gasteiger partial charge is 0.321 e. The number of carbonyl (C=O) groups is 1. The monoisotopic (exact) mass is 244 g/mol. The predicted octanol–water partition coefficient (Wildman–Crippen LogP) is -0.750. The van der Waals surface area contributed by atoms with Crippen LogP contribution in [0, 0.1) is 0 Å². The van der Waals surface area contributed by atoms with Crippen molar-refractivity contribution in [3.63, 3.8) is 0 Å². The zero-order valence-corrected chi connectivity index (χ0v) is 10.6. The fourth-order valence-corrected chi connectivity index (χ4v) is 1.99. The third-order valence-corrected chi connectivity index (χ3v) is 3.27. The van der Waals surface area contributed by atoms with Gasteiger partial charge in [0.2, 0.25) is 5.95 Å². The van der Waals surface area contributed by atoms with Crippen molar-refractivity contribution < 1.29 is 9.22 Å². The van der Waals surface area contributed by atoms with Crippen LogP contribution in [-0.2, 0) is 4.43 Å². The summed E-state index contributed by atoms with van der Waals surface area (Å²) in [6.07, 6.45) is 0.939. The molecular formula is C7H16N6O2Si. The predicted molar refractivity (Wildman–Crippen MR) is 60.8 cm³/mol. The quantitative estimate of drug-likeness (QED) is 0.432. The van der Waals surface area contributed by atoms with Gasteiger partial charge in [-0.3, -0.25) is 5.32 Å². The molecule has 1 heterocycles. The number of nitrogens with one attached hydrogen (secondary N) is 3. The number of H-pyrrole nitrogens is 1. The Labute approximate surface area is 95.5 Å². The van der Waals surface area contributed by atoms with E-state index in [0.717, 1.165) is 19.1 Å². The third kappa shape index (κ3) is 5.41. The summed E-state index contributed by atoms with van der Waals surface area (Å²) in [6.45, 7) is 3.41. The summed E-state index contributed by atoms with van der Waals surface area (Å²) in [7, 11) is -0.392. The number of urea groups is 1. The summed E-state index contributed by atoms with van der Waals surface area (Å²) in [5.41, 5.74) is 0. The molecule has 0 bridgehead atoms. The summed E-state index contributed by atoms with van der Waals surface area (Å²) < 4.78 is 5.30. The molecule has 0 aliphatic heterocycles. The van der Waals surface area contributed by atoms with Crippen LogP contribution in [0.3, 0.4) is 0 Å². The number of amides is 2. The van der Waals surface area contributed by atoms with E-state index in [9.17, 15) is 4.79 Å². The molecule has 0 saturated carbocycles. The standard InChI is InChI=1S/C7H16N6O2Si/c1-2-15-16-5-3-4-8-7(14)9-6-10-12-13-11-6/h2-5,16H2,1H3,(H3,8,9,10,11,12,13,14). The summed E-state index contributed by atoms with van der Waals surface area (Å²) >= 11 is 0. The lowest BCUT2D eigenvalue weighted by molar-refractivity contribution is 0.252. The summed E-state index contributed by atoms with van der Waals surface area (Å²) in [5, 5.41) is 17.8. The molecule has 0 aliphatic carbocycles.